The third kappa shape index (κ3) is 4.27. The van der Waals surface area contributed by atoms with Gasteiger partial charge in [0.2, 0.25) is 5.75 Å². The number of piperazine rings is 1. The van der Waals surface area contributed by atoms with Crippen LogP contribution in [-0.4, -0.2) is 71.4 Å². The average Bonchev–Trinajstić information content (AvgIpc) is 2.60. The number of benzene rings is 1. The molecular weight excluding hydrogens is 298 g/mol. The molecule has 2 N–H and O–H groups in total. The van der Waals surface area contributed by atoms with Crippen LogP contribution in [0, 0.1) is 0 Å². The first kappa shape index (κ1) is 17.4. The summed E-state index contributed by atoms with van der Waals surface area (Å²) in [5.41, 5.74) is 0.436. The Labute approximate surface area is 136 Å². The van der Waals surface area contributed by atoms with Gasteiger partial charge in [-0.2, -0.15) is 0 Å². The van der Waals surface area contributed by atoms with Crippen LogP contribution in [0.15, 0.2) is 12.1 Å². The number of ether oxygens (including phenoxy) is 3. The maximum Gasteiger partial charge on any atom is 0.255 e. The molecule has 0 aromatic heterocycles. The van der Waals surface area contributed by atoms with Crippen molar-refractivity contribution in [3.8, 4) is 17.2 Å². The zero-order valence-corrected chi connectivity index (χ0v) is 14.0. The van der Waals surface area contributed by atoms with Crippen LogP contribution in [0.1, 0.15) is 10.4 Å². The molecule has 2 rings (SSSR count). The van der Waals surface area contributed by atoms with Crippen LogP contribution in [0.25, 0.3) is 0 Å². The number of hydrogen-bond acceptors (Lipinski definition) is 6. The molecule has 0 saturated carbocycles. The molecule has 1 amide bonds. The molecule has 0 bridgehead atoms. The Kier molecular flexibility index (Phi) is 6.49. The first-order chi connectivity index (χ1) is 11.2. The van der Waals surface area contributed by atoms with Gasteiger partial charge < -0.3 is 24.8 Å². The highest BCUT2D eigenvalue weighted by Gasteiger charge is 2.20. The summed E-state index contributed by atoms with van der Waals surface area (Å²) in [5.74, 6) is 1.15. The molecule has 0 aliphatic carbocycles. The predicted molar refractivity (Wildman–Crippen MR) is 87.7 cm³/mol. The highest BCUT2D eigenvalue weighted by molar-refractivity contribution is 5.98. The number of amides is 1. The fourth-order valence-electron chi connectivity index (χ4n) is 2.64. The van der Waals surface area contributed by atoms with Crippen molar-refractivity contribution in [1.29, 1.82) is 0 Å². The zero-order valence-electron chi connectivity index (χ0n) is 14.0. The van der Waals surface area contributed by atoms with E-state index in [9.17, 15) is 4.79 Å². The lowest BCUT2D eigenvalue weighted by Crippen LogP contribution is -2.46. The van der Waals surface area contributed by atoms with E-state index in [1.807, 2.05) is 0 Å². The van der Waals surface area contributed by atoms with Crippen LogP contribution >= 0.6 is 0 Å². The second-order valence-corrected chi connectivity index (χ2v) is 5.23. The molecule has 1 aliphatic rings. The summed E-state index contributed by atoms with van der Waals surface area (Å²) in [5, 5.41) is 6.24. The van der Waals surface area contributed by atoms with E-state index in [-0.39, 0.29) is 5.91 Å². The highest BCUT2D eigenvalue weighted by atomic mass is 16.5. The maximum atomic E-state index is 12.4. The number of nitrogens with one attached hydrogen (secondary N) is 2. The first-order valence-corrected chi connectivity index (χ1v) is 7.71. The minimum atomic E-state index is -0.182. The molecule has 7 heteroatoms. The lowest BCUT2D eigenvalue weighted by atomic mass is 10.1. The fourth-order valence-corrected chi connectivity index (χ4v) is 2.64. The molecule has 0 atom stereocenters. The molecule has 0 spiro atoms. The van der Waals surface area contributed by atoms with Crippen molar-refractivity contribution in [3.63, 3.8) is 0 Å². The van der Waals surface area contributed by atoms with Crippen LogP contribution in [0.3, 0.4) is 0 Å². The normalized spacial score (nSPS) is 15.1. The topological polar surface area (TPSA) is 72.1 Å². The molecule has 0 unspecified atom stereocenters. The van der Waals surface area contributed by atoms with Crippen LogP contribution in [0.2, 0.25) is 0 Å². The van der Waals surface area contributed by atoms with Gasteiger partial charge in [0.15, 0.2) is 11.5 Å². The largest absolute Gasteiger partial charge is 0.493 e. The Morgan fingerprint density at radius 2 is 1.83 bits per heavy atom. The standard InChI is InChI=1S/C16H25N3O4/c1-21-13-5-4-12(14(22-2)15(13)23-3)16(20)18-8-11-19-9-6-17-7-10-19/h4-5,17H,6-11H2,1-3H3,(H,18,20). The molecule has 0 radical (unpaired) electrons. The summed E-state index contributed by atoms with van der Waals surface area (Å²) < 4.78 is 15.9. The van der Waals surface area contributed by atoms with E-state index in [0.717, 1.165) is 32.7 Å². The number of hydrogen-bond donors (Lipinski definition) is 2. The van der Waals surface area contributed by atoms with Crippen molar-refractivity contribution < 1.29 is 19.0 Å². The predicted octanol–water partition coefficient (Wildman–Crippen LogP) is 0.347. The summed E-state index contributed by atoms with van der Waals surface area (Å²) in [7, 11) is 4.58. The third-order valence-electron chi connectivity index (χ3n) is 3.87. The lowest BCUT2D eigenvalue weighted by molar-refractivity contribution is 0.0943. The van der Waals surface area contributed by atoms with Crippen LogP contribution in [0.5, 0.6) is 17.2 Å². The molecule has 1 saturated heterocycles. The molecule has 1 aromatic carbocycles. The highest BCUT2D eigenvalue weighted by Crippen LogP contribution is 2.39. The molecule has 1 heterocycles. The number of methoxy groups -OCH3 is 3. The van der Waals surface area contributed by atoms with Crippen molar-refractivity contribution in [2.45, 2.75) is 0 Å². The Bertz CT molecular complexity index is 530. The van der Waals surface area contributed by atoms with Gasteiger partial charge in [-0.05, 0) is 12.1 Å². The monoisotopic (exact) mass is 323 g/mol. The molecule has 1 aromatic rings. The quantitative estimate of drug-likeness (QED) is 0.754. The van der Waals surface area contributed by atoms with Crippen LogP contribution in [-0.2, 0) is 0 Å². The van der Waals surface area contributed by atoms with Gasteiger partial charge in [0.25, 0.3) is 5.91 Å². The second kappa shape index (κ2) is 8.59. The van der Waals surface area contributed by atoms with E-state index < -0.39 is 0 Å². The Morgan fingerprint density at radius 3 is 2.43 bits per heavy atom. The van der Waals surface area contributed by atoms with Gasteiger partial charge in [0.05, 0.1) is 26.9 Å². The second-order valence-electron chi connectivity index (χ2n) is 5.23. The first-order valence-electron chi connectivity index (χ1n) is 7.71. The number of nitrogens with zero attached hydrogens (tertiary/aromatic N) is 1. The van der Waals surface area contributed by atoms with E-state index in [4.69, 9.17) is 14.2 Å². The van der Waals surface area contributed by atoms with Crippen molar-refractivity contribution in [2.75, 3.05) is 60.6 Å². The minimum Gasteiger partial charge on any atom is -0.493 e. The van der Waals surface area contributed by atoms with Gasteiger partial charge in [-0.15, -0.1) is 0 Å². The summed E-state index contributed by atoms with van der Waals surface area (Å²) in [6, 6.07) is 3.38. The van der Waals surface area contributed by atoms with Gasteiger partial charge in [-0.1, -0.05) is 0 Å². The van der Waals surface area contributed by atoms with E-state index >= 15 is 0 Å². The zero-order chi connectivity index (χ0) is 16.7. The van der Waals surface area contributed by atoms with Gasteiger partial charge in [-0.3, -0.25) is 9.69 Å². The Morgan fingerprint density at radius 1 is 1.13 bits per heavy atom. The summed E-state index contributed by atoms with van der Waals surface area (Å²) in [6.45, 7) is 5.44. The van der Waals surface area contributed by atoms with Gasteiger partial charge in [0.1, 0.15) is 0 Å². The van der Waals surface area contributed by atoms with Crippen LogP contribution in [0.4, 0.5) is 0 Å². The number of carbonyl (C=O) groups is 1. The van der Waals surface area contributed by atoms with Crippen molar-refractivity contribution >= 4 is 5.91 Å². The van der Waals surface area contributed by atoms with Crippen molar-refractivity contribution in [1.82, 2.24) is 15.5 Å². The third-order valence-corrected chi connectivity index (χ3v) is 3.87. The Balaban J connectivity index is 2.00. The van der Waals surface area contributed by atoms with E-state index in [2.05, 4.69) is 15.5 Å². The molecule has 1 aliphatic heterocycles. The average molecular weight is 323 g/mol. The number of carbonyl (C=O) groups excluding carboxylic acids is 1. The number of rotatable bonds is 7. The molecule has 128 valence electrons. The fraction of sp³-hybridized carbons (Fsp3) is 0.562. The van der Waals surface area contributed by atoms with E-state index in [1.54, 1.807) is 19.2 Å². The van der Waals surface area contributed by atoms with Gasteiger partial charge in [0, 0.05) is 39.3 Å². The molecular formula is C16H25N3O4. The summed E-state index contributed by atoms with van der Waals surface area (Å²) in [6.07, 6.45) is 0. The summed E-state index contributed by atoms with van der Waals surface area (Å²) >= 11 is 0. The smallest absolute Gasteiger partial charge is 0.255 e. The minimum absolute atomic E-state index is 0.182. The lowest BCUT2D eigenvalue weighted by Gasteiger charge is -2.27. The molecule has 23 heavy (non-hydrogen) atoms. The van der Waals surface area contributed by atoms with E-state index in [1.165, 1.54) is 14.2 Å². The maximum absolute atomic E-state index is 12.4. The van der Waals surface area contributed by atoms with Crippen molar-refractivity contribution in [2.24, 2.45) is 0 Å². The van der Waals surface area contributed by atoms with Gasteiger partial charge in [-0.25, -0.2) is 0 Å². The summed E-state index contributed by atoms with van der Waals surface area (Å²) in [4.78, 5) is 14.7. The SMILES string of the molecule is COc1ccc(C(=O)NCCN2CCNCC2)c(OC)c1OC. The van der Waals surface area contributed by atoms with Crippen molar-refractivity contribution in [3.05, 3.63) is 17.7 Å². The molecule has 1 fully saturated rings. The van der Waals surface area contributed by atoms with E-state index in [0.29, 0.717) is 29.4 Å². The van der Waals surface area contributed by atoms with Crippen LogP contribution < -0.4 is 24.8 Å². The van der Waals surface area contributed by atoms with Gasteiger partial charge >= 0.3 is 0 Å². The molecule has 7 nitrogen and oxygen atoms in total. The Hall–Kier alpha value is -1.99.